The number of benzene rings is 1. The summed E-state index contributed by atoms with van der Waals surface area (Å²) in [6.45, 7) is 0.971. The molecule has 0 radical (unpaired) electrons. The van der Waals surface area contributed by atoms with Crippen LogP contribution in [-0.2, 0) is 11.3 Å². The Balaban J connectivity index is 1.05. The lowest BCUT2D eigenvalue weighted by molar-refractivity contribution is -0.150. The number of aromatic carboxylic acids is 1. The molecule has 4 saturated carbocycles. The molecule has 0 saturated heterocycles. The van der Waals surface area contributed by atoms with Gasteiger partial charge in [-0.3, -0.25) is 9.97 Å². The number of fused-ring (bicyclic) bond motifs is 4. The molecule has 0 spiro atoms. The molecule has 10 heteroatoms. The summed E-state index contributed by atoms with van der Waals surface area (Å²) in [6, 6.07) is 6.84. The van der Waals surface area contributed by atoms with Crippen LogP contribution in [0.3, 0.4) is 0 Å². The molecule has 0 atom stereocenters. The second kappa shape index (κ2) is 10.3. The van der Waals surface area contributed by atoms with Gasteiger partial charge >= 0.3 is 5.97 Å². The van der Waals surface area contributed by atoms with Crippen LogP contribution < -0.4 is 4.74 Å². The van der Waals surface area contributed by atoms with Gasteiger partial charge in [0.05, 0.1) is 34.4 Å². The van der Waals surface area contributed by atoms with Crippen LogP contribution in [0.15, 0.2) is 47.4 Å². The number of aromatic nitrogens is 3. The molecule has 2 bridgehead atoms. The maximum absolute atomic E-state index is 11.7. The molecule has 3 aromatic heterocycles. The summed E-state index contributed by atoms with van der Waals surface area (Å²) < 4.78 is 18.9. The van der Waals surface area contributed by atoms with Crippen LogP contribution in [0.25, 0.3) is 22.2 Å². The summed E-state index contributed by atoms with van der Waals surface area (Å²) in [5.74, 6) is 0.895. The monoisotopic (exact) mass is 593 g/mol. The van der Waals surface area contributed by atoms with Gasteiger partial charge in [0.2, 0.25) is 0 Å². The van der Waals surface area contributed by atoms with Gasteiger partial charge in [0.25, 0.3) is 0 Å². The van der Waals surface area contributed by atoms with Crippen molar-refractivity contribution in [1.82, 2.24) is 15.1 Å². The Kier molecular flexibility index (Phi) is 6.68. The smallest absolute Gasteiger partial charge is 0.336 e. The maximum atomic E-state index is 11.7. The molecule has 4 fully saturated rings. The highest BCUT2D eigenvalue weighted by molar-refractivity contribution is 6.38. The largest absolute Gasteiger partial charge is 0.491 e. The van der Waals surface area contributed by atoms with E-state index >= 15 is 0 Å². The van der Waals surface area contributed by atoms with Crippen molar-refractivity contribution in [2.75, 3.05) is 6.61 Å². The van der Waals surface area contributed by atoms with E-state index in [1.807, 2.05) is 0 Å². The van der Waals surface area contributed by atoms with E-state index in [9.17, 15) is 9.90 Å². The quantitative estimate of drug-likeness (QED) is 0.209. The summed E-state index contributed by atoms with van der Waals surface area (Å²) >= 11 is 13.0. The van der Waals surface area contributed by atoms with Crippen LogP contribution in [-0.4, -0.2) is 38.4 Å². The average molecular weight is 594 g/mol. The predicted molar refractivity (Wildman–Crippen MR) is 154 cm³/mol. The summed E-state index contributed by atoms with van der Waals surface area (Å²) in [7, 11) is 0. The minimum atomic E-state index is -0.974. The van der Waals surface area contributed by atoms with Crippen molar-refractivity contribution in [3.63, 3.8) is 0 Å². The predicted octanol–water partition coefficient (Wildman–Crippen LogP) is 7.86. The molecule has 8 nitrogen and oxygen atoms in total. The number of halogens is 2. The number of carbonyl (C=O) groups is 1. The standard InChI is InChI=1S/C31H29Cl2N3O5/c32-22-14-34-15-23(33)25(22)27-21(28(41-36-27)18-3-4-18)16-40-31-10-7-30(8-11-31,9-12-31)17-39-24-6-5-20(29(37)38)19-2-1-13-35-26(19)24/h1-2,5-6,13-15,18H,3-4,7-12,16-17H2,(H,37,38). The molecular formula is C31H29Cl2N3O5. The van der Waals surface area contributed by atoms with Gasteiger partial charge in [0, 0.05) is 46.4 Å². The fraction of sp³-hybridized carbons (Fsp3) is 0.419. The fourth-order valence-electron chi connectivity index (χ4n) is 6.53. The fourth-order valence-corrected chi connectivity index (χ4v) is 7.07. The summed E-state index contributed by atoms with van der Waals surface area (Å²) in [5, 5.41) is 15.4. The van der Waals surface area contributed by atoms with E-state index in [0.29, 0.717) is 57.1 Å². The Bertz CT molecular complexity index is 1610. The summed E-state index contributed by atoms with van der Waals surface area (Å²) in [5.41, 5.74) is 2.90. The van der Waals surface area contributed by atoms with Crippen LogP contribution in [0.2, 0.25) is 10.0 Å². The van der Waals surface area contributed by atoms with Gasteiger partial charge in [0.1, 0.15) is 22.7 Å². The van der Waals surface area contributed by atoms with Crippen LogP contribution >= 0.6 is 23.2 Å². The lowest BCUT2D eigenvalue weighted by Gasteiger charge is -2.52. The molecule has 0 aliphatic heterocycles. The Morgan fingerprint density at radius 1 is 1.05 bits per heavy atom. The molecule has 3 heterocycles. The van der Waals surface area contributed by atoms with Crippen LogP contribution in [0.1, 0.15) is 79.0 Å². The van der Waals surface area contributed by atoms with E-state index in [4.69, 9.17) is 37.2 Å². The molecule has 1 aromatic carbocycles. The molecule has 8 rings (SSSR count). The first-order valence-corrected chi connectivity index (χ1v) is 14.8. The van der Waals surface area contributed by atoms with Gasteiger partial charge < -0.3 is 19.1 Å². The zero-order valence-corrected chi connectivity index (χ0v) is 23.9. The normalized spacial score (nSPS) is 23.7. The van der Waals surface area contributed by atoms with E-state index < -0.39 is 5.97 Å². The maximum Gasteiger partial charge on any atom is 0.336 e. The van der Waals surface area contributed by atoms with Crippen molar-refractivity contribution >= 4 is 40.1 Å². The van der Waals surface area contributed by atoms with Crippen molar-refractivity contribution in [3.8, 4) is 17.0 Å². The zero-order chi connectivity index (χ0) is 28.2. The van der Waals surface area contributed by atoms with Crippen molar-refractivity contribution in [1.29, 1.82) is 0 Å². The topological polar surface area (TPSA) is 108 Å². The third-order valence-electron chi connectivity index (χ3n) is 9.21. The number of nitrogens with zero attached hydrogens (tertiary/aromatic N) is 3. The molecule has 4 aliphatic carbocycles. The highest BCUT2D eigenvalue weighted by Crippen LogP contribution is 2.55. The van der Waals surface area contributed by atoms with Gasteiger partial charge in [-0.15, -0.1) is 0 Å². The Labute approximate surface area is 247 Å². The number of pyridine rings is 2. The minimum absolute atomic E-state index is 0.0668. The number of hydrogen-bond acceptors (Lipinski definition) is 7. The molecule has 212 valence electrons. The Morgan fingerprint density at radius 3 is 2.46 bits per heavy atom. The Hall–Kier alpha value is -3.20. The van der Waals surface area contributed by atoms with E-state index in [2.05, 4.69) is 15.1 Å². The Morgan fingerprint density at radius 2 is 1.78 bits per heavy atom. The molecule has 4 aliphatic rings. The zero-order valence-electron chi connectivity index (χ0n) is 22.4. The lowest BCUT2D eigenvalue weighted by Crippen LogP contribution is -2.49. The number of ether oxygens (including phenoxy) is 2. The van der Waals surface area contributed by atoms with Gasteiger partial charge in [-0.1, -0.05) is 34.4 Å². The van der Waals surface area contributed by atoms with Crippen LogP contribution in [0, 0.1) is 5.41 Å². The van der Waals surface area contributed by atoms with Crippen molar-refractivity contribution in [2.24, 2.45) is 5.41 Å². The third-order valence-corrected chi connectivity index (χ3v) is 9.78. The van der Waals surface area contributed by atoms with Crippen molar-refractivity contribution < 1.29 is 23.9 Å². The summed E-state index contributed by atoms with van der Waals surface area (Å²) in [6.07, 6.45) is 12.8. The molecular weight excluding hydrogens is 565 g/mol. The average Bonchev–Trinajstić information content (AvgIpc) is 3.75. The molecule has 4 aromatic rings. The second-order valence-corrected chi connectivity index (χ2v) is 12.5. The number of carboxylic acid groups (broad SMARTS) is 1. The van der Waals surface area contributed by atoms with Gasteiger partial charge in [0.15, 0.2) is 0 Å². The molecule has 41 heavy (non-hydrogen) atoms. The first-order valence-electron chi connectivity index (χ1n) is 14.0. The van der Waals surface area contributed by atoms with E-state index in [1.54, 1.807) is 42.9 Å². The first-order chi connectivity index (χ1) is 19.9. The molecule has 0 amide bonds. The number of hydrogen-bond donors (Lipinski definition) is 1. The first kappa shape index (κ1) is 26.7. The van der Waals surface area contributed by atoms with Crippen molar-refractivity contribution in [3.05, 3.63) is 69.8 Å². The van der Waals surface area contributed by atoms with Gasteiger partial charge in [-0.05, 0) is 69.6 Å². The van der Waals surface area contributed by atoms with E-state index in [0.717, 1.165) is 62.7 Å². The molecule has 1 N–H and O–H groups in total. The van der Waals surface area contributed by atoms with E-state index in [1.165, 1.54) is 0 Å². The second-order valence-electron chi connectivity index (χ2n) is 11.7. The number of rotatable bonds is 9. The van der Waals surface area contributed by atoms with Gasteiger partial charge in [-0.25, -0.2) is 4.79 Å². The third kappa shape index (κ3) is 4.86. The van der Waals surface area contributed by atoms with Crippen molar-refractivity contribution in [2.45, 2.75) is 69.5 Å². The van der Waals surface area contributed by atoms with Crippen LogP contribution in [0.5, 0.6) is 5.75 Å². The lowest BCUT2D eigenvalue weighted by atomic mass is 9.59. The highest BCUT2D eigenvalue weighted by atomic mass is 35.5. The summed E-state index contributed by atoms with van der Waals surface area (Å²) in [4.78, 5) is 20.2. The number of carboxylic acids is 1. The van der Waals surface area contributed by atoms with Crippen LogP contribution in [0.4, 0.5) is 0 Å². The molecule has 0 unspecified atom stereocenters. The van der Waals surface area contributed by atoms with Gasteiger partial charge in [-0.2, -0.15) is 0 Å². The minimum Gasteiger partial charge on any atom is -0.491 e. The SMILES string of the molecule is O=C(O)c1ccc(OCC23CCC(OCc4c(-c5c(Cl)cncc5Cl)noc4C4CC4)(CC2)CC3)c2ncccc12. The highest BCUT2D eigenvalue weighted by Gasteiger charge is 2.50. The van der Waals surface area contributed by atoms with E-state index in [-0.39, 0.29) is 16.6 Å².